The highest BCUT2D eigenvalue weighted by Gasteiger charge is 2.52. The van der Waals surface area contributed by atoms with Gasteiger partial charge in [0.05, 0.1) is 0 Å². The minimum absolute atomic E-state index is 0.196. The van der Waals surface area contributed by atoms with Crippen molar-refractivity contribution in [3.8, 4) is 5.75 Å². The molecule has 0 amide bonds. The molecule has 7 heteroatoms. The van der Waals surface area contributed by atoms with Crippen molar-refractivity contribution in [1.82, 2.24) is 0 Å². The Kier molecular flexibility index (Phi) is 3.49. The van der Waals surface area contributed by atoms with Gasteiger partial charge in [0, 0.05) is 4.53 Å². The lowest BCUT2D eigenvalue weighted by atomic mass is 10.3. The number of alkyl halides is 2. The molecule has 0 aliphatic carbocycles. The summed E-state index contributed by atoms with van der Waals surface area (Å²) in [5.41, 5.74) is 0. The zero-order valence-corrected chi connectivity index (χ0v) is 7.65. The Labute approximate surface area is 87.5 Å². The quantitative estimate of drug-likeness (QED) is 0.453. The van der Waals surface area contributed by atoms with Gasteiger partial charge in [0.25, 0.3) is 0 Å². The molecule has 0 aromatic heterocycles. The second-order valence-electron chi connectivity index (χ2n) is 2.64. The Morgan fingerprint density at radius 3 is 2.12 bits per heavy atom. The van der Waals surface area contributed by atoms with Crippen LogP contribution in [0, 0.1) is 0 Å². The lowest BCUT2D eigenvalue weighted by molar-refractivity contribution is -0.215. The van der Waals surface area contributed by atoms with E-state index in [-0.39, 0.29) is 5.75 Å². The van der Waals surface area contributed by atoms with Crippen LogP contribution in [-0.2, 0) is 14.5 Å². The van der Waals surface area contributed by atoms with Gasteiger partial charge >= 0.3 is 17.9 Å². The maximum absolute atomic E-state index is 12.7. The number of rotatable bonds is 3. The largest absolute Gasteiger partial charge is 0.441 e. The van der Waals surface area contributed by atoms with Crippen LogP contribution in [0.4, 0.5) is 13.3 Å². The molecule has 1 aromatic carbocycles. The van der Waals surface area contributed by atoms with Crippen LogP contribution in [0.5, 0.6) is 5.75 Å². The first-order valence-electron chi connectivity index (χ1n) is 3.96. The van der Waals surface area contributed by atoms with Gasteiger partial charge in [0.15, 0.2) is 0 Å². The standard InChI is InChI=1S/C9H5F3O4/c10-9(11,8(14)16-12)7(13)15-6-4-2-1-3-5-6/h1-5H. The van der Waals surface area contributed by atoms with Crippen LogP contribution in [0.2, 0.25) is 0 Å². The molecule has 16 heavy (non-hydrogen) atoms. The van der Waals surface area contributed by atoms with E-state index in [0.29, 0.717) is 0 Å². The Balaban J connectivity index is 2.76. The van der Waals surface area contributed by atoms with E-state index in [0.717, 1.165) is 0 Å². The van der Waals surface area contributed by atoms with Gasteiger partial charge in [0.1, 0.15) is 5.75 Å². The van der Waals surface area contributed by atoms with E-state index in [1.54, 1.807) is 6.07 Å². The van der Waals surface area contributed by atoms with E-state index in [1.807, 2.05) is 0 Å². The fourth-order valence-corrected chi connectivity index (χ4v) is 0.791. The first-order valence-corrected chi connectivity index (χ1v) is 3.96. The molecule has 0 bridgehead atoms. The zero-order valence-electron chi connectivity index (χ0n) is 7.65. The highest BCUT2D eigenvalue weighted by atomic mass is 19.3. The zero-order chi connectivity index (χ0) is 12.2. The summed E-state index contributed by atoms with van der Waals surface area (Å²) in [6.45, 7) is 0. The summed E-state index contributed by atoms with van der Waals surface area (Å²) in [5.74, 6) is -9.70. The van der Waals surface area contributed by atoms with Gasteiger partial charge in [-0.05, 0) is 12.1 Å². The molecule has 0 spiro atoms. The van der Waals surface area contributed by atoms with Crippen LogP contribution in [0.25, 0.3) is 0 Å². The van der Waals surface area contributed by atoms with E-state index in [2.05, 4.69) is 9.68 Å². The number of hydrogen-bond acceptors (Lipinski definition) is 4. The average molecular weight is 234 g/mol. The topological polar surface area (TPSA) is 52.6 Å². The highest BCUT2D eigenvalue weighted by molar-refractivity contribution is 6.01. The number of carbonyl (C=O) groups excluding carboxylic acids is 2. The Bertz CT molecular complexity index is 391. The average Bonchev–Trinajstić information content (AvgIpc) is 2.29. The van der Waals surface area contributed by atoms with Gasteiger partial charge in [0.2, 0.25) is 0 Å². The second-order valence-corrected chi connectivity index (χ2v) is 2.64. The number of para-hydroxylation sites is 1. The molecule has 0 saturated heterocycles. The van der Waals surface area contributed by atoms with E-state index in [4.69, 9.17) is 0 Å². The van der Waals surface area contributed by atoms with Gasteiger partial charge < -0.3 is 4.74 Å². The molecule has 1 rings (SSSR count). The Morgan fingerprint density at radius 2 is 1.62 bits per heavy atom. The van der Waals surface area contributed by atoms with Crippen molar-refractivity contribution >= 4 is 11.9 Å². The summed E-state index contributed by atoms with van der Waals surface area (Å²) in [7, 11) is 0. The number of carbonyl (C=O) groups is 2. The molecule has 0 fully saturated rings. The van der Waals surface area contributed by atoms with Crippen LogP contribution in [0.15, 0.2) is 30.3 Å². The molecule has 0 radical (unpaired) electrons. The molecule has 0 aliphatic rings. The molecular weight excluding hydrogens is 229 g/mol. The van der Waals surface area contributed by atoms with Gasteiger partial charge in [-0.2, -0.15) is 8.78 Å². The number of esters is 1. The van der Waals surface area contributed by atoms with Crippen LogP contribution >= 0.6 is 0 Å². The molecule has 86 valence electrons. The number of hydrogen-bond donors (Lipinski definition) is 0. The predicted molar refractivity (Wildman–Crippen MR) is 44.2 cm³/mol. The van der Waals surface area contributed by atoms with Gasteiger partial charge in [-0.3, -0.25) is 0 Å². The smallest absolute Gasteiger partial charge is 0.422 e. The van der Waals surface area contributed by atoms with Crippen LogP contribution in [0.3, 0.4) is 0 Å². The summed E-state index contributed by atoms with van der Waals surface area (Å²) in [6, 6.07) is 6.84. The predicted octanol–water partition coefficient (Wildman–Crippen LogP) is 1.66. The maximum Gasteiger partial charge on any atom is 0.441 e. The fourth-order valence-electron chi connectivity index (χ4n) is 0.791. The third-order valence-electron chi connectivity index (χ3n) is 1.54. The third kappa shape index (κ3) is 2.50. The molecule has 0 aliphatic heterocycles. The van der Waals surface area contributed by atoms with Gasteiger partial charge in [-0.25, -0.2) is 14.5 Å². The molecule has 0 heterocycles. The van der Waals surface area contributed by atoms with Crippen molar-refractivity contribution < 1.29 is 32.6 Å². The molecule has 0 N–H and O–H groups in total. The minimum atomic E-state index is -4.68. The molecule has 4 nitrogen and oxygen atoms in total. The van der Waals surface area contributed by atoms with Crippen molar-refractivity contribution in [2.75, 3.05) is 0 Å². The molecular formula is C9H5F3O4. The van der Waals surface area contributed by atoms with E-state index < -0.39 is 17.9 Å². The van der Waals surface area contributed by atoms with Crippen LogP contribution in [0.1, 0.15) is 0 Å². The summed E-state index contributed by atoms with van der Waals surface area (Å²) in [5, 5.41) is 0. The SMILES string of the molecule is O=C(OF)C(F)(F)C(=O)Oc1ccccc1. The minimum Gasteiger partial charge on any atom is -0.422 e. The summed E-state index contributed by atoms with van der Waals surface area (Å²) >= 11 is 0. The van der Waals surface area contributed by atoms with Crippen molar-refractivity contribution in [2.45, 2.75) is 5.92 Å². The molecule has 0 atom stereocenters. The van der Waals surface area contributed by atoms with Gasteiger partial charge in [-0.1, -0.05) is 18.2 Å². The molecule has 0 saturated carbocycles. The lowest BCUT2D eigenvalue weighted by Crippen LogP contribution is -2.41. The number of halogens is 3. The molecule has 1 aromatic rings. The normalized spacial score (nSPS) is 10.7. The summed E-state index contributed by atoms with van der Waals surface area (Å²) in [6.07, 6.45) is 0. The number of benzene rings is 1. The fraction of sp³-hybridized carbons (Fsp3) is 0.111. The summed E-state index contributed by atoms with van der Waals surface area (Å²) < 4.78 is 40.8. The third-order valence-corrected chi connectivity index (χ3v) is 1.54. The van der Waals surface area contributed by atoms with E-state index in [1.165, 1.54) is 24.3 Å². The van der Waals surface area contributed by atoms with Gasteiger partial charge in [-0.15, -0.1) is 0 Å². The number of ether oxygens (including phenoxy) is 1. The first-order chi connectivity index (χ1) is 7.48. The second kappa shape index (κ2) is 4.65. The Morgan fingerprint density at radius 1 is 1.06 bits per heavy atom. The van der Waals surface area contributed by atoms with Crippen molar-refractivity contribution in [2.24, 2.45) is 0 Å². The maximum atomic E-state index is 12.7. The van der Waals surface area contributed by atoms with Crippen molar-refractivity contribution in [3.05, 3.63) is 30.3 Å². The monoisotopic (exact) mass is 234 g/mol. The summed E-state index contributed by atoms with van der Waals surface area (Å²) in [4.78, 5) is 23.3. The first kappa shape index (κ1) is 12.0. The van der Waals surface area contributed by atoms with Crippen LogP contribution < -0.4 is 4.74 Å². The van der Waals surface area contributed by atoms with E-state index >= 15 is 0 Å². The lowest BCUT2D eigenvalue weighted by Gasteiger charge is -2.10. The van der Waals surface area contributed by atoms with Crippen molar-refractivity contribution in [1.29, 1.82) is 0 Å². The highest BCUT2D eigenvalue weighted by Crippen LogP contribution is 2.20. The van der Waals surface area contributed by atoms with E-state index in [9.17, 15) is 22.9 Å². The Hall–Kier alpha value is -2.05. The molecule has 0 unspecified atom stereocenters. The van der Waals surface area contributed by atoms with Crippen LogP contribution in [-0.4, -0.2) is 17.9 Å². The van der Waals surface area contributed by atoms with Crippen molar-refractivity contribution in [3.63, 3.8) is 0 Å².